The fourth-order valence-electron chi connectivity index (χ4n) is 2.78. The molecule has 0 radical (unpaired) electrons. The van der Waals surface area contributed by atoms with Crippen LogP contribution < -0.4 is 5.73 Å². The molecule has 144 valence electrons. The van der Waals surface area contributed by atoms with Crippen LogP contribution in [0.2, 0.25) is 0 Å². The summed E-state index contributed by atoms with van der Waals surface area (Å²) in [5.74, 6) is 0.977. The zero-order valence-corrected chi connectivity index (χ0v) is 16.2. The van der Waals surface area contributed by atoms with Crippen LogP contribution in [-0.2, 0) is 16.8 Å². The average molecular weight is 371 g/mol. The number of primary amides is 1. The quantitative estimate of drug-likeness (QED) is 0.699. The smallest absolute Gasteiger partial charge is 0.225 e. The number of nitrogens with two attached hydrogens (primary N) is 1. The lowest BCUT2D eigenvalue weighted by molar-refractivity contribution is -0.117. The molecule has 9 nitrogen and oxygen atoms in total. The van der Waals surface area contributed by atoms with Crippen molar-refractivity contribution in [3.8, 4) is 11.4 Å². The number of aliphatic hydroxyl groups excluding tert-OH is 1. The van der Waals surface area contributed by atoms with Gasteiger partial charge in [-0.15, -0.1) is 10.2 Å². The van der Waals surface area contributed by atoms with Crippen LogP contribution in [0, 0.1) is 5.92 Å². The molecule has 0 spiro atoms. The average Bonchev–Trinajstić information content (AvgIpc) is 3.16. The van der Waals surface area contributed by atoms with E-state index in [9.17, 15) is 9.90 Å². The number of hydrogen-bond acceptors (Lipinski definition) is 6. The molecule has 9 heteroatoms. The van der Waals surface area contributed by atoms with Gasteiger partial charge < -0.3 is 10.8 Å². The predicted molar refractivity (Wildman–Crippen MR) is 99.7 cm³/mol. The number of nitrogens with zero attached hydrogens (tertiary/aromatic N) is 6. The van der Waals surface area contributed by atoms with E-state index in [1.807, 2.05) is 52.9 Å². The predicted octanol–water partition coefficient (Wildman–Crippen LogP) is 1.46. The van der Waals surface area contributed by atoms with E-state index in [0.717, 1.165) is 5.56 Å². The Kier molecular flexibility index (Phi) is 4.73. The molecule has 1 atom stereocenters. The summed E-state index contributed by atoms with van der Waals surface area (Å²) >= 11 is 0. The van der Waals surface area contributed by atoms with E-state index >= 15 is 0 Å². The number of carbonyl (C=O) groups excluding carboxylic acids is 1. The van der Waals surface area contributed by atoms with Gasteiger partial charge in [-0.25, -0.2) is 9.67 Å². The van der Waals surface area contributed by atoms with Crippen molar-refractivity contribution in [3.05, 3.63) is 30.0 Å². The minimum atomic E-state index is -0.735. The Morgan fingerprint density at radius 1 is 1.26 bits per heavy atom. The van der Waals surface area contributed by atoms with E-state index in [4.69, 9.17) is 5.73 Å². The fraction of sp³-hybridized carbons (Fsp3) is 0.500. The van der Waals surface area contributed by atoms with Crippen molar-refractivity contribution in [1.82, 2.24) is 29.4 Å². The lowest BCUT2D eigenvalue weighted by Gasteiger charge is -2.21. The fourth-order valence-corrected chi connectivity index (χ4v) is 2.78. The molecule has 0 saturated carbocycles. The molecule has 0 aliphatic heterocycles. The van der Waals surface area contributed by atoms with Gasteiger partial charge in [0.2, 0.25) is 5.91 Å². The molecule has 0 bridgehead atoms. The highest BCUT2D eigenvalue weighted by Crippen LogP contribution is 2.26. The van der Waals surface area contributed by atoms with Crippen LogP contribution in [0.1, 0.15) is 52.4 Å². The molecule has 0 saturated heterocycles. The maximum absolute atomic E-state index is 11.3. The highest BCUT2D eigenvalue weighted by Gasteiger charge is 2.24. The molecule has 27 heavy (non-hydrogen) atoms. The van der Waals surface area contributed by atoms with Gasteiger partial charge in [-0.05, 0) is 38.8 Å². The Bertz CT molecular complexity index is 981. The van der Waals surface area contributed by atoms with Crippen molar-refractivity contribution >= 4 is 11.6 Å². The number of hydrogen-bond donors (Lipinski definition) is 2. The van der Waals surface area contributed by atoms with Crippen molar-refractivity contribution < 1.29 is 9.90 Å². The third-order valence-electron chi connectivity index (χ3n) is 4.20. The second kappa shape index (κ2) is 6.73. The van der Waals surface area contributed by atoms with Crippen molar-refractivity contribution in [2.45, 2.75) is 52.7 Å². The molecular weight excluding hydrogens is 346 g/mol. The Morgan fingerprint density at radius 2 is 1.96 bits per heavy atom. The first-order valence-electron chi connectivity index (χ1n) is 8.85. The minimum Gasteiger partial charge on any atom is -0.385 e. The molecule has 3 rings (SSSR count). The van der Waals surface area contributed by atoms with E-state index in [0.29, 0.717) is 23.1 Å². The molecule has 3 N–H and O–H groups in total. The van der Waals surface area contributed by atoms with Gasteiger partial charge in [-0.2, -0.15) is 5.10 Å². The first-order chi connectivity index (χ1) is 12.6. The molecule has 0 aromatic carbocycles. The Labute approximate surface area is 157 Å². The second-order valence-corrected chi connectivity index (χ2v) is 7.97. The van der Waals surface area contributed by atoms with Gasteiger partial charge in [0.1, 0.15) is 6.10 Å². The topological polar surface area (TPSA) is 124 Å². The summed E-state index contributed by atoms with van der Waals surface area (Å²) < 4.78 is 3.53. The number of pyridine rings is 1. The number of amides is 1. The van der Waals surface area contributed by atoms with Gasteiger partial charge in [0.25, 0.3) is 0 Å². The van der Waals surface area contributed by atoms with Crippen LogP contribution >= 0.6 is 0 Å². The van der Waals surface area contributed by atoms with E-state index < -0.39 is 12.0 Å². The van der Waals surface area contributed by atoms with Crippen molar-refractivity contribution in [1.29, 1.82) is 0 Å². The molecule has 1 amide bonds. The first kappa shape index (κ1) is 19.0. The third-order valence-corrected chi connectivity index (χ3v) is 4.20. The molecule has 0 aliphatic carbocycles. The summed E-state index contributed by atoms with van der Waals surface area (Å²) in [5, 5.41) is 23.1. The van der Waals surface area contributed by atoms with Crippen LogP contribution in [0.5, 0.6) is 0 Å². The minimum absolute atomic E-state index is 0.00135. The van der Waals surface area contributed by atoms with Crippen LogP contribution in [0.3, 0.4) is 0 Å². The summed E-state index contributed by atoms with van der Waals surface area (Å²) in [6.45, 7) is 9.85. The second-order valence-electron chi connectivity index (χ2n) is 7.97. The molecule has 1 unspecified atom stereocenters. The van der Waals surface area contributed by atoms with Crippen molar-refractivity contribution in [2.75, 3.05) is 0 Å². The number of fused-ring (bicyclic) bond motifs is 1. The third kappa shape index (κ3) is 3.68. The summed E-state index contributed by atoms with van der Waals surface area (Å²) in [6.07, 6.45) is 1.07. The summed E-state index contributed by atoms with van der Waals surface area (Å²) in [7, 11) is 0. The summed E-state index contributed by atoms with van der Waals surface area (Å²) in [5.41, 5.74) is 6.36. The van der Waals surface area contributed by atoms with Gasteiger partial charge in [0.05, 0.1) is 12.0 Å². The van der Waals surface area contributed by atoms with Crippen LogP contribution in [-0.4, -0.2) is 40.4 Å². The molecule has 0 fully saturated rings. The van der Waals surface area contributed by atoms with Gasteiger partial charge >= 0.3 is 0 Å². The highest BCUT2D eigenvalue weighted by molar-refractivity contribution is 5.75. The van der Waals surface area contributed by atoms with E-state index in [1.54, 1.807) is 9.08 Å². The summed E-state index contributed by atoms with van der Waals surface area (Å²) in [6, 6.07) is 3.68. The van der Waals surface area contributed by atoms with Gasteiger partial charge in [0, 0.05) is 11.8 Å². The number of carbonyl (C=O) groups is 1. The Balaban J connectivity index is 2.15. The molecule has 3 heterocycles. The maximum atomic E-state index is 11.3. The lowest BCUT2D eigenvalue weighted by Crippen LogP contribution is -2.24. The van der Waals surface area contributed by atoms with Gasteiger partial charge in [-0.3, -0.25) is 9.20 Å². The lowest BCUT2D eigenvalue weighted by atomic mass is 10.1. The SMILES string of the molecule is CC(C)C(O)c1nnc2ccc(-c3nc(CC(N)=O)nn3C(C)(C)C)cn12. The first-order valence-corrected chi connectivity index (χ1v) is 8.85. The largest absolute Gasteiger partial charge is 0.385 e. The van der Waals surface area contributed by atoms with Crippen LogP contribution in [0.4, 0.5) is 0 Å². The molecule has 0 aliphatic rings. The van der Waals surface area contributed by atoms with Crippen molar-refractivity contribution in [3.63, 3.8) is 0 Å². The summed E-state index contributed by atoms with van der Waals surface area (Å²) in [4.78, 5) is 15.8. The standard InChI is InChI=1S/C18H25N7O2/c1-10(2)15(27)17-22-21-14-7-6-11(9-24(14)17)16-20-13(8-12(19)26)23-25(16)18(3,4)5/h6-7,9-10,15,27H,8H2,1-5H3,(H2,19,26). The van der Waals surface area contributed by atoms with Gasteiger partial charge in [-0.1, -0.05) is 13.8 Å². The Morgan fingerprint density at radius 3 is 2.56 bits per heavy atom. The van der Waals surface area contributed by atoms with Crippen LogP contribution in [0.25, 0.3) is 17.0 Å². The number of aliphatic hydroxyl groups is 1. The zero-order valence-electron chi connectivity index (χ0n) is 16.2. The molecule has 3 aromatic heterocycles. The zero-order chi connectivity index (χ0) is 19.9. The number of aromatic nitrogens is 6. The monoisotopic (exact) mass is 371 g/mol. The normalized spacial score (nSPS) is 13.4. The number of rotatable bonds is 5. The van der Waals surface area contributed by atoms with Crippen molar-refractivity contribution in [2.24, 2.45) is 11.7 Å². The van der Waals surface area contributed by atoms with Crippen LogP contribution in [0.15, 0.2) is 18.3 Å². The molecule has 3 aromatic rings. The van der Waals surface area contributed by atoms with E-state index in [-0.39, 0.29) is 17.9 Å². The van der Waals surface area contributed by atoms with E-state index in [1.165, 1.54) is 0 Å². The van der Waals surface area contributed by atoms with E-state index in [2.05, 4.69) is 20.3 Å². The maximum Gasteiger partial charge on any atom is 0.225 e. The Hall–Kier alpha value is -2.81. The highest BCUT2D eigenvalue weighted by atomic mass is 16.3. The molecular formula is C18H25N7O2. The van der Waals surface area contributed by atoms with Gasteiger partial charge in [0.15, 0.2) is 23.1 Å².